The highest BCUT2D eigenvalue weighted by Gasteiger charge is 2.43. The minimum absolute atomic E-state index is 0.218. The second kappa shape index (κ2) is 5.23. The van der Waals surface area contributed by atoms with Gasteiger partial charge in [0.1, 0.15) is 11.5 Å². The summed E-state index contributed by atoms with van der Waals surface area (Å²) in [7, 11) is 0. The fourth-order valence-electron chi connectivity index (χ4n) is 4.39. The summed E-state index contributed by atoms with van der Waals surface area (Å²) in [4.78, 5) is 15.7. The zero-order chi connectivity index (χ0) is 16.1. The Morgan fingerprint density at radius 2 is 1.62 bits per heavy atom. The highest BCUT2D eigenvalue weighted by Crippen LogP contribution is 2.46. The van der Waals surface area contributed by atoms with Gasteiger partial charge in [-0.1, -0.05) is 48.6 Å². The molecule has 3 heteroatoms. The number of benzene rings is 2. The molecule has 0 aliphatic carbocycles. The molecule has 24 heavy (non-hydrogen) atoms. The molecule has 0 N–H and O–H groups in total. The lowest BCUT2D eigenvalue weighted by Crippen LogP contribution is -2.45. The van der Waals surface area contributed by atoms with E-state index < -0.39 is 0 Å². The van der Waals surface area contributed by atoms with Crippen molar-refractivity contribution in [1.29, 1.82) is 0 Å². The highest BCUT2D eigenvalue weighted by atomic mass is 16.5. The predicted molar refractivity (Wildman–Crippen MR) is 92.2 cm³/mol. The Bertz CT molecular complexity index is 796. The molecule has 1 fully saturated rings. The number of rotatable bonds is 1. The van der Waals surface area contributed by atoms with Crippen LogP contribution in [0.4, 0.5) is 0 Å². The molecule has 0 aromatic heterocycles. The maximum absolute atomic E-state index is 13.6. The molecular weight excluding hydrogens is 298 g/mol. The van der Waals surface area contributed by atoms with Crippen LogP contribution < -0.4 is 4.74 Å². The molecule has 0 saturated carbocycles. The lowest BCUT2D eigenvalue weighted by molar-refractivity contribution is -0.134. The monoisotopic (exact) mass is 317 g/mol. The van der Waals surface area contributed by atoms with Crippen molar-refractivity contribution in [3.05, 3.63) is 71.8 Å². The van der Waals surface area contributed by atoms with Crippen LogP contribution in [0, 0.1) is 0 Å². The van der Waals surface area contributed by atoms with Crippen molar-refractivity contribution in [3.63, 3.8) is 0 Å². The van der Waals surface area contributed by atoms with Crippen LogP contribution in [0.15, 0.2) is 60.7 Å². The van der Waals surface area contributed by atoms with E-state index in [9.17, 15) is 4.79 Å². The molecule has 120 valence electrons. The Labute approximate surface area is 141 Å². The van der Waals surface area contributed by atoms with Crippen LogP contribution in [-0.2, 0) is 4.79 Å². The van der Waals surface area contributed by atoms with Crippen molar-refractivity contribution in [1.82, 2.24) is 4.90 Å². The van der Waals surface area contributed by atoms with Crippen LogP contribution in [0.25, 0.3) is 0 Å². The van der Waals surface area contributed by atoms with Crippen LogP contribution in [0.2, 0.25) is 0 Å². The molecule has 3 aliphatic heterocycles. The molecule has 0 radical (unpaired) electrons. The first kappa shape index (κ1) is 13.8. The third-order valence-electron chi connectivity index (χ3n) is 5.49. The van der Waals surface area contributed by atoms with E-state index in [-0.39, 0.29) is 17.9 Å². The van der Waals surface area contributed by atoms with Gasteiger partial charge >= 0.3 is 0 Å². The first-order valence-corrected chi connectivity index (χ1v) is 8.67. The van der Waals surface area contributed by atoms with E-state index in [2.05, 4.69) is 17.1 Å². The summed E-state index contributed by atoms with van der Waals surface area (Å²) in [5, 5.41) is 0. The lowest BCUT2D eigenvalue weighted by atomic mass is 9.86. The maximum atomic E-state index is 13.6. The van der Waals surface area contributed by atoms with Gasteiger partial charge in [-0.05, 0) is 31.4 Å². The molecule has 2 atom stereocenters. The van der Waals surface area contributed by atoms with Gasteiger partial charge in [0.15, 0.2) is 0 Å². The maximum Gasteiger partial charge on any atom is 0.235 e. The third-order valence-corrected chi connectivity index (χ3v) is 5.49. The van der Waals surface area contributed by atoms with E-state index in [0.29, 0.717) is 6.04 Å². The van der Waals surface area contributed by atoms with Crippen molar-refractivity contribution in [3.8, 4) is 11.5 Å². The third kappa shape index (κ3) is 1.94. The van der Waals surface area contributed by atoms with Crippen molar-refractivity contribution in [2.24, 2.45) is 0 Å². The second-order valence-corrected chi connectivity index (χ2v) is 6.82. The van der Waals surface area contributed by atoms with Crippen molar-refractivity contribution in [2.75, 3.05) is 0 Å². The number of amides is 1. The van der Waals surface area contributed by atoms with Gasteiger partial charge < -0.3 is 9.64 Å². The van der Waals surface area contributed by atoms with Crippen LogP contribution in [0.5, 0.6) is 11.5 Å². The SMILES string of the molecule is O=C(C1c2ccccc2Oc2ccccc21)N1C2C=CCC1CC2. The Kier molecular flexibility index (Phi) is 3.02. The van der Waals surface area contributed by atoms with Gasteiger partial charge in [-0.15, -0.1) is 0 Å². The molecule has 2 unspecified atom stereocenters. The minimum Gasteiger partial charge on any atom is -0.457 e. The number of hydrogen-bond acceptors (Lipinski definition) is 2. The summed E-state index contributed by atoms with van der Waals surface area (Å²) >= 11 is 0. The van der Waals surface area contributed by atoms with Gasteiger partial charge in [0, 0.05) is 17.2 Å². The van der Waals surface area contributed by atoms with Crippen molar-refractivity contribution in [2.45, 2.75) is 37.3 Å². The molecular formula is C21H19NO2. The fraction of sp³-hybridized carbons (Fsp3) is 0.286. The van der Waals surface area contributed by atoms with E-state index in [1.807, 2.05) is 48.5 Å². The number of carbonyl (C=O) groups excluding carboxylic acids is 1. The van der Waals surface area contributed by atoms with Gasteiger partial charge in [-0.3, -0.25) is 4.79 Å². The summed E-state index contributed by atoms with van der Waals surface area (Å²) in [6.07, 6.45) is 7.61. The average Bonchev–Trinajstić information content (AvgIpc) is 2.87. The first-order valence-electron chi connectivity index (χ1n) is 8.67. The Balaban J connectivity index is 1.63. The Morgan fingerprint density at radius 3 is 2.29 bits per heavy atom. The number of carbonyl (C=O) groups is 1. The highest BCUT2D eigenvalue weighted by molar-refractivity contribution is 5.90. The van der Waals surface area contributed by atoms with E-state index >= 15 is 0 Å². The molecule has 0 spiro atoms. The lowest BCUT2D eigenvalue weighted by Gasteiger charge is -2.36. The normalized spacial score (nSPS) is 24.2. The summed E-state index contributed by atoms with van der Waals surface area (Å²) in [5.41, 5.74) is 1.96. The zero-order valence-corrected chi connectivity index (χ0v) is 13.4. The molecule has 1 saturated heterocycles. The molecule has 2 bridgehead atoms. The number of hydrogen-bond donors (Lipinski definition) is 0. The molecule has 2 aromatic rings. The summed E-state index contributed by atoms with van der Waals surface area (Å²) in [5.74, 6) is 1.56. The second-order valence-electron chi connectivity index (χ2n) is 6.82. The summed E-state index contributed by atoms with van der Waals surface area (Å²) in [6, 6.07) is 16.5. The molecule has 2 aromatic carbocycles. The van der Waals surface area contributed by atoms with Crippen LogP contribution in [0.3, 0.4) is 0 Å². The van der Waals surface area contributed by atoms with Gasteiger partial charge in [0.05, 0.1) is 12.0 Å². The Hall–Kier alpha value is -2.55. The molecule has 1 amide bonds. The predicted octanol–water partition coefficient (Wildman–Crippen LogP) is 4.24. The number of nitrogens with zero attached hydrogens (tertiary/aromatic N) is 1. The van der Waals surface area contributed by atoms with E-state index in [4.69, 9.17) is 4.74 Å². The quantitative estimate of drug-likeness (QED) is 0.736. The van der Waals surface area contributed by atoms with Gasteiger partial charge in [-0.2, -0.15) is 0 Å². The number of para-hydroxylation sites is 2. The average molecular weight is 317 g/mol. The van der Waals surface area contributed by atoms with Gasteiger partial charge in [-0.25, -0.2) is 0 Å². The van der Waals surface area contributed by atoms with E-state index in [0.717, 1.165) is 41.9 Å². The van der Waals surface area contributed by atoms with Crippen LogP contribution >= 0.6 is 0 Å². The fourth-order valence-corrected chi connectivity index (χ4v) is 4.39. The van der Waals surface area contributed by atoms with Crippen molar-refractivity contribution >= 4 is 5.91 Å². The topological polar surface area (TPSA) is 29.5 Å². The summed E-state index contributed by atoms with van der Waals surface area (Å²) in [6.45, 7) is 0. The molecule has 3 heterocycles. The minimum atomic E-state index is -0.263. The summed E-state index contributed by atoms with van der Waals surface area (Å²) < 4.78 is 6.03. The first-order chi connectivity index (χ1) is 11.8. The number of fused-ring (bicyclic) bond motifs is 4. The van der Waals surface area contributed by atoms with Gasteiger partial charge in [0.25, 0.3) is 0 Å². The van der Waals surface area contributed by atoms with Gasteiger partial charge in [0.2, 0.25) is 5.91 Å². The van der Waals surface area contributed by atoms with E-state index in [1.54, 1.807) is 0 Å². The number of ether oxygens (including phenoxy) is 1. The smallest absolute Gasteiger partial charge is 0.235 e. The largest absolute Gasteiger partial charge is 0.457 e. The van der Waals surface area contributed by atoms with Crippen LogP contribution in [0.1, 0.15) is 36.3 Å². The molecule has 3 nitrogen and oxygen atoms in total. The molecule has 3 aliphatic rings. The standard InChI is InChI=1S/C21H19NO2/c23-21(22-14-6-5-7-15(22)13-12-14)20-16-8-1-3-10-18(16)24-19-11-4-2-9-17(19)20/h1-6,8-11,14-15,20H,7,12-13H2. The van der Waals surface area contributed by atoms with Crippen LogP contribution in [-0.4, -0.2) is 22.9 Å². The van der Waals surface area contributed by atoms with E-state index in [1.165, 1.54) is 0 Å². The Morgan fingerprint density at radius 1 is 0.958 bits per heavy atom. The van der Waals surface area contributed by atoms with Crippen molar-refractivity contribution < 1.29 is 9.53 Å². The molecule has 5 rings (SSSR count). The zero-order valence-electron chi connectivity index (χ0n) is 13.4.